The van der Waals surface area contributed by atoms with Gasteiger partial charge < -0.3 is 55.7 Å². The second-order valence-electron chi connectivity index (χ2n) is 35.7. The number of ketones is 1. The molecule has 0 saturated carbocycles. The number of carbonyl (C=O) groups excluding carboxylic acids is 1. The summed E-state index contributed by atoms with van der Waals surface area (Å²) in [5.41, 5.74) is 2.17. The zero-order chi connectivity index (χ0) is 66.5. The van der Waals surface area contributed by atoms with Crippen LogP contribution in [0.15, 0.2) is 36.5 Å². The van der Waals surface area contributed by atoms with Crippen molar-refractivity contribution in [1.29, 1.82) is 0 Å². The molecular formula is C70H132O13Si5. The molecular weight excluding hydrogens is 1190 g/mol. The van der Waals surface area contributed by atoms with E-state index >= 15 is 4.79 Å². The highest BCUT2D eigenvalue weighted by Crippen LogP contribution is 2.50. The molecule has 0 spiro atoms. The zero-order valence-electron chi connectivity index (χ0n) is 61.0. The molecule has 0 aromatic carbocycles. The standard InChI is InChI=1S/C70H132O13Si5/c1-45-38-51-33-36-55-46(2)39-50(75-55)32-30-48(71)31-35-57(81-86(24,25)68(10,11)12)63-65(83-88(28,29)70(16,17)18)64(82-87(26,27)69(13,14)15)62-56(79-63)37-34-52(77-62)40-49(72)41-54-59(43-58(76-51)47(45)3)78-60(61(54)73-19)42-53(80-85(22,23)67(7,8)9)44-74-84(20,21)66(4,5)6/h31,35,45,48,50-65,71H,2-3,30,32-34,36-44H2,1,4-29H3/t45-,48?,50+,51+,52?,53+,54+,55?,56+,57+,58?,59+,60-,61-,62+,63+,64+,65-/m1/s1. The van der Waals surface area contributed by atoms with Gasteiger partial charge in [-0.25, -0.2) is 0 Å². The first-order chi connectivity index (χ1) is 40.0. The third-order valence-electron chi connectivity index (χ3n) is 23.7. The summed E-state index contributed by atoms with van der Waals surface area (Å²) in [5.74, 6) is 0.0699. The Morgan fingerprint density at radius 2 is 1.06 bits per heavy atom. The monoisotopic (exact) mass is 1320 g/mol. The summed E-state index contributed by atoms with van der Waals surface area (Å²) < 4.78 is 80.5. The number of carbonyl (C=O) groups is 1. The Kier molecular flexibility index (Phi) is 24.9. The molecule has 510 valence electrons. The van der Waals surface area contributed by atoms with Crippen LogP contribution in [0, 0.1) is 11.8 Å². The van der Waals surface area contributed by atoms with Crippen LogP contribution >= 0.6 is 0 Å². The molecule has 8 aliphatic rings. The highest BCUT2D eigenvalue weighted by atomic mass is 28.4. The van der Waals surface area contributed by atoms with Crippen molar-refractivity contribution >= 4 is 47.4 Å². The fraction of sp³-hybridized carbons (Fsp3) is 0.900. The van der Waals surface area contributed by atoms with Gasteiger partial charge in [0.1, 0.15) is 30.2 Å². The Hall–Kier alpha value is -0.506. The average molecular weight is 1320 g/mol. The van der Waals surface area contributed by atoms with Gasteiger partial charge in [-0.3, -0.25) is 4.79 Å². The van der Waals surface area contributed by atoms with Gasteiger partial charge in [0.2, 0.25) is 0 Å². The second kappa shape index (κ2) is 28.7. The van der Waals surface area contributed by atoms with Crippen molar-refractivity contribution in [3.63, 3.8) is 0 Å². The van der Waals surface area contributed by atoms with E-state index in [9.17, 15) is 5.11 Å². The Labute approximate surface area is 543 Å². The van der Waals surface area contributed by atoms with Gasteiger partial charge in [0.05, 0.1) is 79.9 Å². The third kappa shape index (κ3) is 18.7. The third-order valence-corrected chi connectivity index (χ3v) is 46.1. The van der Waals surface area contributed by atoms with E-state index < -0.39 is 84.3 Å². The fourth-order valence-electron chi connectivity index (χ4n) is 12.5. The summed E-state index contributed by atoms with van der Waals surface area (Å²) in [6.45, 7) is 69.2. The maximum atomic E-state index is 15.4. The highest BCUT2D eigenvalue weighted by molar-refractivity contribution is 6.76. The number of aliphatic hydroxyl groups excluding tert-OH is 1. The zero-order valence-corrected chi connectivity index (χ0v) is 66.0. The van der Waals surface area contributed by atoms with Gasteiger partial charge in [-0.1, -0.05) is 136 Å². The Balaban J connectivity index is 1.45. The topological polar surface area (TPSA) is 139 Å². The van der Waals surface area contributed by atoms with Gasteiger partial charge in [-0.15, -0.1) is 0 Å². The van der Waals surface area contributed by atoms with Gasteiger partial charge in [-0.2, -0.15) is 0 Å². The molecule has 0 aromatic heterocycles. The molecule has 5 fully saturated rings. The van der Waals surface area contributed by atoms with Crippen LogP contribution < -0.4 is 0 Å². The van der Waals surface area contributed by atoms with Gasteiger partial charge in [-0.05, 0) is 159 Å². The van der Waals surface area contributed by atoms with Crippen molar-refractivity contribution in [2.75, 3.05) is 13.7 Å². The Bertz CT molecular complexity index is 2360. The van der Waals surface area contributed by atoms with Crippen molar-refractivity contribution in [2.24, 2.45) is 11.8 Å². The van der Waals surface area contributed by atoms with E-state index in [1.54, 1.807) is 7.11 Å². The number of hydrogen-bond donors (Lipinski definition) is 1. The molecule has 4 unspecified atom stereocenters. The summed E-state index contributed by atoms with van der Waals surface area (Å²) in [6, 6.07) is 0. The number of hydrogen-bond acceptors (Lipinski definition) is 13. The van der Waals surface area contributed by atoms with Crippen LogP contribution in [0.5, 0.6) is 0 Å². The predicted octanol–water partition coefficient (Wildman–Crippen LogP) is 17.0. The van der Waals surface area contributed by atoms with E-state index in [2.05, 4.69) is 195 Å². The molecule has 18 atom stereocenters. The van der Waals surface area contributed by atoms with E-state index in [4.69, 9.17) is 50.6 Å². The molecule has 18 heteroatoms. The van der Waals surface area contributed by atoms with Crippen molar-refractivity contribution in [3.8, 4) is 0 Å². The minimum absolute atomic E-state index is 0.0128. The first kappa shape index (κ1) is 76.5. The van der Waals surface area contributed by atoms with Crippen LogP contribution in [0.4, 0.5) is 0 Å². The molecule has 8 heterocycles. The first-order valence-electron chi connectivity index (χ1n) is 34.4. The van der Waals surface area contributed by atoms with Crippen LogP contribution in [-0.4, -0.2) is 164 Å². The van der Waals surface area contributed by atoms with Gasteiger partial charge in [0, 0.05) is 38.7 Å². The van der Waals surface area contributed by atoms with E-state index in [0.29, 0.717) is 45.1 Å². The van der Waals surface area contributed by atoms with Gasteiger partial charge >= 0.3 is 0 Å². The summed E-state index contributed by atoms with van der Waals surface area (Å²) in [7, 11) is -10.3. The summed E-state index contributed by atoms with van der Waals surface area (Å²) in [5, 5.41) is 11.5. The molecule has 0 radical (unpaired) electrons. The van der Waals surface area contributed by atoms with Gasteiger partial charge in [0.25, 0.3) is 0 Å². The van der Waals surface area contributed by atoms with Crippen LogP contribution in [0.1, 0.15) is 188 Å². The number of rotatable bonds is 14. The molecule has 13 nitrogen and oxygen atoms in total. The van der Waals surface area contributed by atoms with Crippen LogP contribution in [0.2, 0.25) is 90.7 Å². The van der Waals surface area contributed by atoms with Gasteiger partial charge in [0.15, 0.2) is 41.6 Å². The molecule has 88 heavy (non-hydrogen) atoms. The molecule has 8 aliphatic heterocycles. The van der Waals surface area contributed by atoms with Crippen LogP contribution in [0.25, 0.3) is 0 Å². The minimum Gasteiger partial charge on any atom is -0.414 e. The SMILES string of the molecule is C=C1C[C@@H]2CCC(O)C=C[C@H](O[Si](C)(C)C(C)(C)C)[C@@H]3O[C@H]4CCC(CC(=O)C[C@@H]5[C@@H](OC)[C@@H](C[C@@H](CO[Si](C)(C)C(C)(C)C)O[Si](C)(C)C(C)(C)C)O[C@H]5CC5O[C@@H](CCC1O2)C[C@@H](C)C5=C)O[C@@H]4[C@H](O[Si](C)(C)C(C)(C)C)[C@@H]3O[Si](C)(C)C(C)(C)C. The number of fused-ring (bicyclic) bond motifs is 2. The Morgan fingerprint density at radius 3 is 1.61 bits per heavy atom. The molecule has 1 N–H and O–H groups in total. The number of aliphatic hydroxyl groups is 1. The minimum atomic E-state index is -2.58. The lowest BCUT2D eigenvalue weighted by Gasteiger charge is -2.56. The van der Waals surface area contributed by atoms with E-state index in [0.717, 1.165) is 36.8 Å². The summed E-state index contributed by atoms with van der Waals surface area (Å²) in [4.78, 5) is 15.4. The maximum Gasteiger partial charge on any atom is 0.193 e. The van der Waals surface area contributed by atoms with Crippen molar-refractivity contribution in [2.45, 2.75) is 376 Å². The van der Waals surface area contributed by atoms with E-state index in [1.165, 1.54) is 0 Å². The number of ether oxygens (including phenoxy) is 6. The number of Topliss-reactive ketones (excluding diaryl/α,β-unsaturated/α-hetero) is 1. The molecule has 0 amide bonds. The number of methoxy groups -OCH3 is 1. The molecule has 8 rings (SSSR count). The Morgan fingerprint density at radius 1 is 0.545 bits per heavy atom. The van der Waals surface area contributed by atoms with E-state index in [-0.39, 0.29) is 111 Å². The summed E-state index contributed by atoms with van der Waals surface area (Å²) in [6.07, 6.45) is 5.27. The maximum absolute atomic E-state index is 15.4. The smallest absolute Gasteiger partial charge is 0.193 e. The highest BCUT2D eigenvalue weighted by Gasteiger charge is 2.59. The quantitative estimate of drug-likeness (QED) is 0.131. The lowest BCUT2D eigenvalue weighted by Crippen LogP contribution is -2.69. The van der Waals surface area contributed by atoms with Crippen molar-refractivity contribution in [1.82, 2.24) is 0 Å². The molecule has 5 saturated heterocycles. The molecule has 0 aliphatic carbocycles. The predicted molar refractivity (Wildman–Crippen MR) is 372 cm³/mol. The molecule has 8 bridgehead atoms. The van der Waals surface area contributed by atoms with Crippen molar-refractivity contribution < 1.29 is 60.5 Å². The lowest BCUT2D eigenvalue weighted by atomic mass is 9.81. The normalized spacial score (nSPS) is 35.0. The van der Waals surface area contributed by atoms with Crippen LogP contribution in [-0.2, 0) is 55.3 Å². The average Bonchev–Trinajstić information content (AvgIpc) is 0.954. The lowest BCUT2D eigenvalue weighted by molar-refractivity contribution is -0.266. The second-order valence-corrected chi connectivity index (χ2v) is 59.5. The summed E-state index contributed by atoms with van der Waals surface area (Å²) >= 11 is 0. The van der Waals surface area contributed by atoms with Crippen LogP contribution in [0.3, 0.4) is 0 Å². The fourth-order valence-corrected chi connectivity index (χ4v) is 18.8. The molecule has 0 aromatic rings. The van der Waals surface area contributed by atoms with E-state index in [1.807, 2.05) is 6.08 Å². The first-order valence-corrected chi connectivity index (χ1v) is 48.9. The van der Waals surface area contributed by atoms with Crippen molar-refractivity contribution in [3.05, 3.63) is 36.5 Å². The largest absolute Gasteiger partial charge is 0.414 e.